The fourth-order valence-corrected chi connectivity index (χ4v) is 3.99. The molecule has 0 unspecified atom stereocenters. The molecule has 164 valence electrons. The van der Waals surface area contributed by atoms with E-state index in [1.807, 2.05) is 4.90 Å². The van der Waals surface area contributed by atoms with E-state index in [9.17, 15) is 18.0 Å². The Labute approximate surface area is 177 Å². The standard InChI is InChI=1S/C20H28N4O5S/c1-3-8-22-30(27,28)18-7-4-6-17(15-18)20(26)24-12-10-23(11-13-24)16-19(25)21-9-5-14-29-2/h1,4,6-7,15,22H,5,8-14,16H2,2H3,(H,21,25). The predicted octanol–water partition coefficient (Wildman–Crippen LogP) is -0.491. The summed E-state index contributed by atoms with van der Waals surface area (Å²) in [6.45, 7) is 3.39. The Kier molecular flexibility index (Phi) is 9.26. The first kappa shape index (κ1) is 23.8. The van der Waals surface area contributed by atoms with Gasteiger partial charge in [-0.1, -0.05) is 12.0 Å². The number of carbonyl (C=O) groups excluding carboxylic acids is 2. The molecule has 0 atom stereocenters. The predicted molar refractivity (Wildman–Crippen MR) is 112 cm³/mol. The third-order valence-corrected chi connectivity index (χ3v) is 6.03. The lowest BCUT2D eigenvalue weighted by Crippen LogP contribution is -2.51. The fourth-order valence-electron chi connectivity index (χ4n) is 3.01. The van der Waals surface area contributed by atoms with Crippen LogP contribution in [-0.4, -0.2) is 89.6 Å². The quantitative estimate of drug-likeness (QED) is 0.379. The number of terminal acetylenes is 1. The molecule has 1 saturated heterocycles. The van der Waals surface area contributed by atoms with E-state index in [-0.39, 0.29) is 29.8 Å². The van der Waals surface area contributed by atoms with E-state index in [2.05, 4.69) is 16.0 Å². The lowest BCUT2D eigenvalue weighted by Gasteiger charge is -2.34. The van der Waals surface area contributed by atoms with Crippen molar-refractivity contribution < 1.29 is 22.7 Å². The van der Waals surface area contributed by atoms with Gasteiger partial charge in [0.25, 0.3) is 5.91 Å². The minimum absolute atomic E-state index is 0.00706. The molecule has 0 aromatic heterocycles. The van der Waals surface area contributed by atoms with Crippen LogP contribution < -0.4 is 10.0 Å². The summed E-state index contributed by atoms with van der Waals surface area (Å²) in [5.74, 6) is 1.92. The number of rotatable bonds is 10. The molecular weight excluding hydrogens is 408 g/mol. The lowest BCUT2D eigenvalue weighted by molar-refractivity contribution is -0.122. The molecule has 0 radical (unpaired) electrons. The van der Waals surface area contributed by atoms with E-state index in [1.165, 1.54) is 18.2 Å². The summed E-state index contributed by atoms with van der Waals surface area (Å²) in [5.41, 5.74) is 0.294. The number of carbonyl (C=O) groups is 2. The van der Waals surface area contributed by atoms with Crippen LogP contribution in [0.4, 0.5) is 0 Å². The molecule has 1 aliphatic rings. The second kappa shape index (κ2) is 11.7. The minimum Gasteiger partial charge on any atom is -0.385 e. The van der Waals surface area contributed by atoms with E-state index >= 15 is 0 Å². The molecule has 0 spiro atoms. The Morgan fingerprint density at radius 3 is 2.63 bits per heavy atom. The number of nitrogens with zero attached hydrogens (tertiary/aromatic N) is 2. The van der Waals surface area contributed by atoms with Crippen LogP contribution >= 0.6 is 0 Å². The molecule has 1 aliphatic heterocycles. The third-order valence-electron chi connectivity index (χ3n) is 4.63. The molecule has 2 amide bonds. The Morgan fingerprint density at radius 1 is 1.23 bits per heavy atom. The second-order valence-corrected chi connectivity index (χ2v) is 8.59. The molecule has 0 saturated carbocycles. The number of amides is 2. The Morgan fingerprint density at radius 2 is 1.97 bits per heavy atom. The Bertz CT molecular complexity index is 873. The van der Waals surface area contributed by atoms with E-state index in [0.29, 0.717) is 44.9 Å². The van der Waals surface area contributed by atoms with Gasteiger partial charge in [-0.05, 0) is 24.6 Å². The molecule has 30 heavy (non-hydrogen) atoms. The van der Waals surface area contributed by atoms with E-state index in [1.54, 1.807) is 18.1 Å². The lowest BCUT2D eigenvalue weighted by atomic mass is 10.2. The SMILES string of the molecule is C#CCNS(=O)(=O)c1cccc(C(=O)N2CCN(CC(=O)NCCCOC)CC2)c1. The highest BCUT2D eigenvalue weighted by molar-refractivity contribution is 7.89. The molecular formula is C20H28N4O5S. The first-order chi connectivity index (χ1) is 14.4. The van der Waals surface area contributed by atoms with Gasteiger partial charge in [-0.15, -0.1) is 6.42 Å². The molecule has 1 heterocycles. The van der Waals surface area contributed by atoms with Crippen molar-refractivity contribution in [2.24, 2.45) is 0 Å². The van der Waals surface area contributed by atoms with Crippen LogP contribution in [0.3, 0.4) is 0 Å². The highest BCUT2D eigenvalue weighted by Crippen LogP contribution is 2.14. The summed E-state index contributed by atoms with van der Waals surface area (Å²) in [7, 11) is -2.15. The van der Waals surface area contributed by atoms with Crippen LogP contribution in [0.15, 0.2) is 29.2 Å². The van der Waals surface area contributed by atoms with Gasteiger partial charge in [0.1, 0.15) is 0 Å². The van der Waals surface area contributed by atoms with Gasteiger partial charge in [0.05, 0.1) is 18.0 Å². The topological polar surface area (TPSA) is 108 Å². The molecule has 10 heteroatoms. The van der Waals surface area contributed by atoms with Crippen molar-refractivity contribution in [1.82, 2.24) is 19.8 Å². The maximum atomic E-state index is 12.8. The number of ether oxygens (including phenoxy) is 1. The number of hydrogen-bond donors (Lipinski definition) is 2. The van der Waals surface area contributed by atoms with Gasteiger partial charge in [0.2, 0.25) is 15.9 Å². The zero-order valence-electron chi connectivity index (χ0n) is 17.1. The van der Waals surface area contributed by atoms with E-state index in [4.69, 9.17) is 11.2 Å². The van der Waals surface area contributed by atoms with Crippen molar-refractivity contribution >= 4 is 21.8 Å². The number of nitrogens with one attached hydrogen (secondary N) is 2. The van der Waals surface area contributed by atoms with Gasteiger partial charge < -0.3 is 15.0 Å². The molecule has 0 bridgehead atoms. The van der Waals surface area contributed by atoms with Crippen molar-refractivity contribution in [2.45, 2.75) is 11.3 Å². The zero-order chi connectivity index (χ0) is 22.0. The zero-order valence-corrected chi connectivity index (χ0v) is 17.9. The fraction of sp³-hybridized carbons (Fsp3) is 0.500. The summed E-state index contributed by atoms with van der Waals surface area (Å²) in [5, 5.41) is 2.84. The Hall–Kier alpha value is -2.45. The van der Waals surface area contributed by atoms with Crippen LogP contribution in [-0.2, 0) is 19.6 Å². The molecule has 9 nitrogen and oxygen atoms in total. The number of methoxy groups -OCH3 is 1. The first-order valence-corrected chi connectivity index (χ1v) is 11.2. The van der Waals surface area contributed by atoms with E-state index in [0.717, 1.165) is 6.42 Å². The smallest absolute Gasteiger partial charge is 0.253 e. The van der Waals surface area contributed by atoms with Crippen molar-refractivity contribution in [2.75, 3.05) is 59.5 Å². The van der Waals surface area contributed by atoms with Crippen LogP contribution in [0.1, 0.15) is 16.8 Å². The maximum Gasteiger partial charge on any atom is 0.253 e. The molecule has 1 fully saturated rings. The van der Waals surface area contributed by atoms with Crippen LogP contribution in [0.5, 0.6) is 0 Å². The van der Waals surface area contributed by atoms with E-state index < -0.39 is 10.0 Å². The third kappa shape index (κ3) is 7.11. The minimum atomic E-state index is -3.77. The van der Waals surface area contributed by atoms with Gasteiger partial charge in [0, 0.05) is 52.0 Å². The summed E-state index contributed by atoms with van der Waals surface area (Å²) in [4.78, 5) is 28.4. The highest BCUT2D eigenvalue weighted by atomic mass is 32.2. The monoisotopic (exact) mass is 436 g/mol. The average molecular weight is 437 g/mol. The number of hydrogen-bond acceptors (Lipinski definition) is 6. The average Bonchev–Trinajstić information content (AvgIpc) is 2.75. The molecule has 2 N–H and O–H groups in total. The first-order valence-electron chi connectivity index (χ1n) is 9.68. The van der Waals surface area contributed by atoms with Crippen molar-refractivity contribution in [3.05, 3.63) is 29.8 Å². The number of benzene rings is 1. The summed E-state index contributed by atoms with van der Waals surface area (Å²) in [6, 6.07) is 5.88. The maximum absolute atomic E-state index is 12.8. The van der Waals surface area contributed by atoms with Gasteiger partial charge >= 0.3 is 0 Å². The molecule has 0 aliphatic carbocycles. The van der Waals surface area contributed by atoms with Crippen LogP contribution in [0, 0.1) is 12.3 Å². The number of sulfonamides is 1. The highest BCUT2D eigenvalue weighted by Gasteiger charge is 2.24. The van der Waals surface area contributed by atoms with Gasteiger partial charge in [0.15, 0.2) is 0 Å². The Balaban J connectivity index is 1.88. The van der Waals surface area contributed by atoms with Crippen molar-refractivity contribution in [3.8, 4) is 12.3 Å². The van der Waals surface area contributed by atoms with Gasteiger partial charge in [-0.3, -0.25) is 14.5 Å². The van der Waals surface area contributed by atoms with Gasteiger partial charge in [-0.2, -0.15) is 4.72 Å². The second-order valence-electron chi connectivity index (χ2n) is 6.82. The number of piperazine rings is 1. The summed E-state index contributed by atoms with van der Waals surface area (Å²) in [6.07, 6.45) is 5.86. The van der Waals surface area contributed by atoms with Gasteiger partial charge in [-0.25, -0.2) is 8.42 Å². The molecule has 1 aromatic carbocycles. The molecule has 1 aromatic rings. The normalized spacial score (nSPS) is 14.9. The van der Waals surface area contributed by atoms with Crippen LogP contribution in [0.2, 0.25) is 0 Å². The largest absolute Gasteiger partial charge is 0.385 e. The van der Waals surface area contributed by atoms with Crippen LogP contribution in [0.25, 0.3) is 0 Å². The summed E-state index contributed by atoms with van der Waals surface area (Å²) >= 11 is 0. The van der Waals surface area contributed by atoms with Crippen molar-refractivity contribution in [3.63, 3.8) is 0 Å². The molecule has 2 rings (SSSR count). The van der Waals surface area contributed by atoms with Crippen molar-refractivity contribution in [1.29, 1.82) is 0 Å². The summed E-state index contributed by atoms with van der Waals surface area (Å²) < 4.78 is 31.7.